The van der Waals surface area contributed by atoms with Crippen molar-refractivity contribution in [2.45, 2.75) is 25.4 Å². The summed E-state index contributed by atoms with van der Waals surface area (Å²) >= 11 is 0. The van der Waals surface area contributed by atoms with Gasteiger partial charge in [-0.15, -0.1) is 0 Å². The number of rotatable bonds is 4. The molecule has 4 heteroatoms. The van der Waals surface area contributed by atoms with Gasteiger partial charge >= 0.3 is 0 Å². The number of allylic oxidation sites excluding steroid dienone is 2. The summed E-state index contributed by atoms with van der Waals surface area (Å²) in [5.74, 6) is 1.41. The van der Waals surface area contributed by atoms with E-state index >= 15 is 0 Å². The van der Waals surface area contributed by atoms with Gasteiger partial charge in [0.05, 0.1) is 24.7 Å². The van der Waals surface area contributed by atoms with E-state index in [1.54, 1.807) is 24.3 Å². The minimum absolute atomic E-state index is 0.0704. The predicted octanol–water partition coefficient (Wildman–Crippen LogP) is 2.50. The summed E-state index contributed by atoms with van der Waals surface area (Å²) < 4.78 is 5.78. The van der Waals surface area contributed by atoms with Crippen molar-refractivity contribution in [2.75, 3.05) is 13.1 Å². The zero-order chi connectivity index (χ0) is 14.7. The molecular formula is C17H18N2O2. The number of nitrogens with zero attached hydrogens (tertiary/aromatic N) is 2. The fraction of sp³-hybridized carbons (Fsp3) is 0.412. The molecule has 0 aromatic heterocycles. The fourth-order valence-electron chi connectivity index (χ4n) is 2.74. The number of hydrogen-bond acceptors (Lipinski definition) is 3. The van der Waals surface area contributed by atoms with Gasteiger partial charge in [0.2, 0.25) is 5.91 Å². The van der Waals surface area contributed by atoms with Crippen molar-refractivity contribution in [2.24, 2.45) is 5.92 Å². The maximum Gasteiger partial charge on any atom is 0.223 e. The molecule has 1 saturated heterocycles. The first-order valence-electron chi connectivity index (χ1n) is 7.36. The highest BCUT2D eigenvalue weighted by atomic mass is 16.5. The fourth-order valence-corrected chi connectivity index (χ4v) is 2.74. The SMILES string of the molecule is N#Cc1ccc(OC2CN(C(=O)C[C@H]3C=CCC3)C2)cc1. The second-order valence-electron chi connectivity index (χ2n) is 5.64. The molecule has 0 spiro atoms. The Morgan fingerprint density at radius 1 is 1.33 bits per heavy atom. The van der Waals surface area contributed by atoms with Crippen LogP contribution >= 0.6 is 0 Å². The van der Waals surface area contributed by atoms with Crippen LogP contribution in [0.15, 0.2) is 36.4 Å². The molecule has 1 aromatic carbocycles. The molecule has 1 aromatic rings. The lowest BCUT2D eigenvalue weighted by atomic mass is 10.0. The molecule has 1 atom stereocenters. The normalized spacial score (nSPS) is 20.9. The quantitative estimate of drug-likeness (QED) is 0.797. The molecule has 0 unspecified atom stereocenters. The van der Waals surface area contributed by atoms with Crippen LogP contribution < -0.4 is 4.74 Å². The van der Waals surface area contributed by atoms with Gasteiger partial charge in [-0.25, -0.2) is 0 Å². The van der Waals surface area contributed by atoms with Crippen molar-refractivity contribution in [3.63, 3.8) is 0 Å². The lowest BCUT2D eigenvalue weighted by Crippen LogP contribution is -2.56. The summed E-state index contributed by atoms with van der Waals surface area (Å²) in [6.07, 6.45) is 7.21. The van der Waals surface area contributed by atoms with E-state index in [0.29, 0.717) is 31.0 Å². The molecule has 4 nitrogen and oxygen atoms in total. The van der Waals surface area contributed by atoms with Gasteiger partial charge in [-0.1, -0.05) is 12.2 Å². The first-order valence-corrected chi connectivity index (χ1v) is 7.36. The third-order valence-electron chi connectivity index (χ3n) is 4.04. The van der Waals surface area contributed by atoms with Gasteiger partial charge < -0.3 is 9.64 Å². The molecule has 21 heavy (non-hydrogen) atoms. The second-order valence-corrected chi connectivity index (χ2v) is 5.64. The lowest BCUT2D eigenvalue weighted by molar-refractivity contribution is -0.140. The molecule has 108 valence electrons. The van der Waals surface area contributed by atoms with Crippen LogP contribution in [0.5, 0.6) is 5.75 Å². The van der Waals surface area contributed by atoms with Crippen LogP contribution in [-0.2, 0) is 4.79 Å². The van der Waals surface area contributed by atoms with Gasteiger partial charge in [-0.3, -0.25) is 4.79 Å². The number of hydrogen-bond donors (Lipinski definition) is 0. The number of carbonyl (C=O) groups is 1. The van der Waals surface area contributed by atoms with E-state index in [4.69, 9.17) is 10.00 Å². The number of ether oxygens (including phenoxy) is 1. The molecule has 1 fully saturated rings. The number of benzene rings is 1. The van der Waals surface area contributed by atoms with E-state index < -0.39 is 0 Å². The van der Waals surface area contributed by atoms with Crippen molar-refractivity contribution >= 4 is 5.91 Å². The highest BCUT2D eigenvalue weighted by molar-refractivity contribution is 5.77. The monoisotopic (exact) mass is 282 g/mol. The molecule has 0 radical (unpaired) electrons. The van der Waals surface area contributed by atoms with Crippen molar-refractivity contribution in [1.82, 2.24) is 4.90 Å². The Kier molecular flexibility index (Phi) is 3.92. The summed E-state index contributed by atoms with van der Waals surface area (Å²) in [4.78, 5) is 13.9. The smallest absolute Gasteiger partial charge is 0.223 e. The molecule has 1 heterocycles. The maximum absolute atomic E-state index is 12.1. The predicted molar refractivity (Wildman–Crippen MR) is 78.6 cm³/mol. The topological polar surface area (TPSA) is 53.3 Å². The first kappa shape index (κ1) is 13.7. The standard InChI is InChI=1S/C17H18N2O2/c18-10-14-5-7-15(8-6-14)21-16-11-19(12-16)17(20)9-13-3-1-2-4-13/h1,3,5-8,13,16H,2,4,9,11-12H2/t13-/m0/s1. The number of nitriles is 1. The van der Waals surface area contributed by atoms with Gasteiger partial charge in [-0.2, -0.15) is 5.26 Å². The maximum atomic E-state index is 12.1. The van der Waals surface area contributed by atoms with E-state index in [9.17, 15) is 4.79 Å². The summed E-state index contributed by atoms with van der Waals surface area (Å²) in [6.45, 7) is 1.32. The minimum Gasteiger partial charge on any atom is -0.487 e. The third kappa shape index (κ3) is 3.25. The highest BCUT2D eigenvalue weighted by Gasteiger charge is 2.32. The highest BCUT2D eigenvalue weighted by Crippen LogP contribution is 2.24. The van der Waals surface area contributed by atoms with Crippen molar-refractivity contribution in [1.29, 1.82) is 5.26 Å². The Morgan fingerprint density at radius 2 is 2.10 bits per heavy atom. The molecule has 1 aliphatic heterocycles. The van der Waals surface area contributed by atoms with E-state index in [0.717, 1.165) is 18.6 Å². The van der Waals surface area contributed by atoms with E-state index in [1.807, 2.05) is 4.90 Å². The van der Waals surface area contributed by atoms with Crippen LogP contribution in [0, 0.1) is 17.2 Å². The Morgan fingerprint density at radius 3 is 2.71 bits per heavy atom. The Bertz CT molecular complexity index is 580. The minimum atomic E-state index is 0.0704. The Balaban J connectivity index is 1.43. The van der Waals surface area contributed by atoms with Gasteiger partial charge in [0.25, 0.3) is 0 Å². The van der Waals surface area contributed by atoms with Crippen LogP contribution in [0.1, 0.15) is 24.8 Å². The lowest BCUT2D eigenvalue weighted by Gasteiger charge is -2.39. The first-order chi connectivity index (χ1) is 10.2. The largest absolute Gasteiger partial charge is 0.487 e. The van der Waals surface area contributed by atoms with E-state index in [2.05, 4.69) is 18.2 Å². The summed E-state index contributed by atoms with van der Waals surface area (Å²) in [6, 6.07) is 9.15. The Hall–Kier alpha value is -2.28. The molecule has 2 aliphatic rings. The van der Waals surface area contributed by atoms with Gasteiger partial charge in [0.15, 0.2) is 0 Å². The number of amides is 1. The van der Waals surface area contributed by atoms with E-state index in [-0.39, 0.29) is 12.0 Å². The van der Waals surface area contributed by atoms with Crippen LogP contribution in [-0.4, -0.2) is 30.0 Å². The molecule has 0 bridgehead atoms. The van der Waals surface area contributed by atoms with Crippen LogP contribution in [0.4, 0.5) is 0 Å². The number of carbonyl (C=O) groups excluding carboxylic acids is 1. The molecule has 0 N–H and O–H groups in total. The summed E-state index contributed by atoms with van der Waals surface area (Å²) in [7, 11) is 0. The second kappa shape index (κ2) is 6.01. The van der Waals surface area contributed by atoms with Gasteiger partial charge in [0.1, 0.15) is 11.9 Å². The third-order valence-corrected chi connectivity index (χ3v) is 4.04. The Labute approximate surface area is 124 Å². The summed E-state index contributed by atoms with van der Waals surface area (Å²) in [5.41, 5.74) is 0.623. The zero-order valence-electron chi connectivity index (χ0n) is 11.9. The van der Waals surface area contributed by atoms with Gasteiger partial charge in [0, 0.05) is 6.42 Å². The van der Waals surface area contributed by atoms with Gasteiger partial charge in [-0.05, 0) is 43.0 Å². The van der Waals surface area contributed by atoms with E-state index in [1.165, 1.54) is 0 Å². The van der Waals surface area contributed by atoms with Crippen LogP contribution in [0.3, 0.4) is 0 Å². The van der Waals surface area contributed by atoms with Crippen molar-refractivity contribution in [3.8, 4) is 11.8 Å². The van der Waals surface area contributed by atoms with Crippen molar-refractivity contribution < 1.29 is 9.53 Å². The van der Waals surface area contributed by atoms with Crippen LogP contribution in [0.25, 0.3) is 0 Å². The molecule has 1 amide bonds. The van der Waals surface area contributed by atoms with Crippen LogP contribution in [0.2, 0.25) is 0 Å². The average Bonchev–Trinajstić information content (AvgIpc) is 2.95. The number of likely N-dealkylation sites (tertiary alicyclic amines) is 1. The molecular weight excluding hydrogens is 264 g/mol. The van der Waals surface area contributed by atoms with Crippen molar-refractivity contribution in [3.05, 3.63) is 42.0 Å². The molecule has 1 aliphatic carbocycles. The average molecular weight is 282 g/mol. The zero-order valence-corrected chi connectivity index (χ0v) is 11.9. The summed E-state index contributed by atoms with van der Waals surface area (Å²) in [5, 5.41) is 8.74. The molecule has 3 rings (SSSR count). The molecule has 0 saturated carbocycles.